The van der Waals surface area contributed by atoms with Gasteiger partial charge < -0.3 is 41.2 Å². The number of ether oxygens (including phenoxy) is 2. The second-order valence-corrected chi connectivity index (χ2v) is 12.1. The van der Waals surface area contributed by atoms with Gasteiger partial charge in [-0.15, -0.1) is 0 Å². The Morgan fingerprint density at radius 3 is 1.11 bits per heavy atom. The molecule has 3 heterocycles. The zero-order valence-electron chi connectivity index (χ0n) is 29.7. The van der Waals surface area contributed by atoms with E-state index in [0.717, 1.165) is 51.2 Å². The summed E-state index contributed by atoms with van der Waals surface area (Å²) in [6.45, 7) is -2.08. The second-order valence-electron chi connectivity index (χ2n) is 12.1. The van der Waals surface area contributed by atoms with Gasteiger partial charge in [0.1, 0.15) is 5.41 Å². The van der Waals surface area contributed by atoms with Gasteiger partial charge in [0, 0.05) is 108 Å². The van der Waals surface area contributed by atoms with Crippen molar-refractivity contribution < 1.29 is 67.3 Å². The van der Waals surface area contributed by atoms with Crippen molar-refractivity contribution in [3.8, 4) is 0 Å². The topological polar surface area (TPSA) is 296 Å². The monoisotopic (exact) mass is 774 g/mol. The largest absolute Gasteiger partial charge is 0.465 e. The standard InChI is InChI=1S/C33H42N8O14/c42-22(7-12-39-25(45)1-2-26(39)46)36-19-33(20-37-23(43)8-13-40-27(47)3-4-28(40)48,21-38-24(44)9-14-41-29(49)5-6-30(41)50)31(51)34-10-15-54-17-18-55-16-11-35-32(52)53/h1-6,35H,7-21H2,(H,34,51)(H,36,42)(H,37,43)(H,38,44)(H,52,53). The molecule has 298 valence electrons. The minimum absolute atomic E-state index is 0.0343. The summed E-state index contributed by atoms with van der Waals surface area (Å²) in [6.07, 6.45) is 4.06. The third-order valence-electron chi connectivity index (χ3n) is 8.17. The second kappa shape index (κ2) is 21.4. The van der Waals surface area contributed by atoms with E-state index in [2.05, 4.69) is 26.6 Å². The van der Waals surface area contributed by atoms with E-state index in [1.165, 1.54) is 0 Å². The van der Waals surface area contributed by atoms with E-state index >= 15 is 0 Å². The van der Waals surface area contributed by atoms with Gasteiger partial charge in [-0.05, 0) is 0 Å². The van der Waals surface area contributed by atoms with E-state index in [0.29, 0.717) is 0 Å². The third kappa shape index (κ3) is 13.9. The minimum Gasteiger partial charge on any atom is -0.465 e. The maximum absolute atomic E-state index is 13.9. The van der Waals surface area contributed by atoms with Crippen molar-refractivity contribution in [2.45, 2.75) is 19.3 Å². The molecule has 3 aliphatic rings. The lowest BCUT2D eigenvalue weighted by Gasteiger charge is -2.33. The number of nitrogens with one attached hydrogen (secondary N) is 5. The number of nitrogens with zero attached hydrogens (tertiary/aromatic N) is 3. The Kier molecular flexibility index (Phi) is 16.8. The molecule has 0 aromatic rings. The summed E-state index contributed by atoms with van der Waals surface area (Å²) in [4.78, 5) is 137. The van der Waals surface area contributed by atoms with Gasteiger partial charge in [0.2, 0.25) is 23.6 Å². The molecule has 55 heavy (non-hydrogen) atoms. The molecule has 22 heteroatoms. The highest BCUT2D eigenvalue weighted by molar-refractivity contribution is 6.14. The summed E-state index contributed by atoms with van der Waals surface area (Å²) < 4.78 is 10.7. The summed E-state index contributed by atoms with van der Waals surface area (Å²) in [5.74, 6) is -6.51. The lowest BCUT2D eigenvalue weighted by Crippen LogP contribution is -2.59. The lowest BCUT2D eigenvalue weighted by atomic mass is 9.85. The van der Waals surface area contributed by atoms with Crippen LogP contribution in [0.1, 0.15) is 19.3 Å². The van der Waals surface area contributed by atoms with Crippen LogP contribution in [0.25, 0.3) is 0 Å². The fraction of sp³-hybridized carbons (Fsp3) is 0.485. The van der Waals surface area contributed by atoms with Crippen molar-refractivity contribution in [1.29, 1.82) is 0 Å². The van der Waals surface area contributed by atoms with E-state index in [4.69, 9.17) is 14.6 Å². The predicted molar refractivity (Wildman–Crippen MR) is 184 cm³/mol. The van der Waals surface area contributed by atoms with Crippen molar-refractivity contribution >= 4 is 65.2 Å². The van der Waals surface area contributed by atoms with Gasteiger partial charge in [-0.25, -0.2) is 4.79 Å². The van der Waals surface area contributed by atoms with Crippen LogP contribution in [0.4, 0.5) is 4.79 Å². The first kappa shape index (κ1) is 43.1. The predicted octanol–water partition coefficient (Wildman–Crippen LogP) is -4.32. The van der Waals surface area contributed by atoms with Crippen LogP contribution < -0.4 is 26.6 Å². The van der Waals surface area contributed by atoms with Crippen LogP contribution in [0, 0.1) is 5.41 Å². The molecule has 0 fully saturated rings. The maximum Gasteiger partial charge on any atom is 0.404 e. The summed E-state index contributed by atoms with van der Waals surface area (Å²) in [6, 6.07) is 0. The highest BCUT2D eigenvalue weighted by atomic mass is 16.5. The first-order valence-corrected chi connectivity index (χ1v) is 17.0. The number of carboxylic acid groups (broad SMARTS) is 1. The van der Waals surface area contributed by atoms with Gasteiger partial charge in [0.25, 0.3) is 35.4 Å². The van der Waals surface area contributed by atoms with Gasteiger partial charge in [-0.1, -0.05) is 0 Å². The summed E-state index contributed by atoms with van der Waals surface area (Å²) in [7, 11) is 0. The van der Waals surface area contributed by atoms with Crippen molar-refractivity contribution in [3.05, 3.63) is 36.5 Å². The Bertz CT molecular complexity index is 1440. The SMILES string of the molecule is O=C(O)NCCOCCOCCNC(=O)C(CNC(=O)CCN1C(=O)C=CC1=O)(CNC(=O)CCN1C(=O)C=CC1=O)CNC(=O)CCN1C(=O)C=CC1=O. The molecule has 0 atom stereocenters. The third-order valence-corrected chi connectivity index (χ3v) is 8.17. The Morgan fingerprint density at radius 1 is 0.491 bits per heavy atom. The first-order valence-electron chi connectivity index (χ1n) is 17.0. The van der Waals surface area contributed by atoms with Crippen LogP contribution >= 0.6 is 0 Å². The highest BCUT2D eigenvalue weighted by Gasteiger charge is 2.40. The normalized spacial score (nSPS) is 15.0. The summed E-state index contributed by atoms with van der Waals surface area (Å²) in [5.41, 5.74) is -1.82. The van der Waals surface area contributed by atoms with Crippen molar-refractivity contribution in [2.75, 3.05) is 78.8 Å². The maximum atomic E-state index is 13.9. The molecule has 11 amide bonds. The Morgan fingerprint density at radius 2 is 0.800 bits per heavy atom. The number of hydrogen-bond acceptors (Lipinski definition) is 13. The molecule has 6 N–H and O–H groups in total. The highest BCUT2D eigenvalue weighted by Crippen LogP contribution is 2.17. The van der Waals surface area contributed by atoms with Gasteiger partial charge in [0.05, 0.1) is 26.4 Å². The Balaban J connectivity index is 1.69. The number of imide groups is 3. The van der Waals surface area contributed by atoms with Gasteiger partial charge in [-0.3, -0.25) is 62.6 Å². The molecule has 0 saturated carbocycles. The number of rotatable bonds is 25. The molecule has 0 spiro atoms. The summed E-state index contributed by atoms with van der Waals surface area (Å²) >= 11 is 0. The minimum atomic E-state index is -1.82. The number of carbonyl (C=O) groups excluding carboxylic acids is 10. The molecule has 0 bridgehead atoms. The average Bonchev–Trinajstić information content (AvgIpc) is 3.77. The van der Waals surface area contributed by atoms with Gasteiger partial charge in [-0.2, -0.15) is 0 Å². The molecular formula is C33H42N8O14. The van der Waals surface area contributed by atoms with Crippen molar-refractivity contribution in [3.63, 3.8) is 0 Å². The van der Waals surface area contributed by atoms with Crippen molar-refractivity contribution in [1.82, 2.24) is 41.3 Å². The van der Waals surface area contributed by atoms with E-state index in [9.17, 15) is 52.7 Å². The van der Waals surface area contributed by atoms with Crippen LogP contribution in [0.3, 0.4) is 0 Å². The molecule has 0 aromatic carbocycles. The first-order chi connectivity index (χ1) is 26.2. The number of hydrogen-bond donors (Lipinski definition) is 6. The zero-order valence-corrected chi connectivity index (χ0v) is 29.7. The van der Waals surface area contributed by atoms with E-state index in [-0.39, 0.29) is 78.4 Å². The molecule has 0 aromatic heterocycles. The fourth-order valence-corrected chi connectivity index (χ4v) is 5.07. The van der Waals surface area contributed by atoms with Crippen LogP contribution in [0.15, 0.2) is 36.5 Å². The van der Waals surface area contributed by atoms with Crippen LogP contribution in [-0.2, 0) is 57.4 Å². The average molecular weight is 775 g/mol. The van der Waals surface area contributed by atoms with E-state index in [1.807, 2.05) is 0 Å². The lowest BCUT2D eigenvalue weighted by molar-refractivity contribution is -0.139. The number of amides is 11. The molecule has 0 unspecified atom stereocenters. The molecule has 0 radical (unpaired) electrons. The summed E-state index contributed by atoms with van der Waals surface area (Å²) in [5, 5.41) is 21.0. The molecular weight excluding hydrogens is 732 g/mol. The Hall–Kier alpha value is -6.29. The van der Waals surface area contributed by atoms with Crippen LogP contribution in [-0.4, -0.2) is 164 Å². The van der Waals surface area contributed by atoms with E-state index < -0.39 is 90.2 Å². The molecule has 0 saturated heterocycles. The van der Waals surface area contributed by atoms with Gasteiger partial charge >= 0.3 is 6.09 Å². The number of carbonyl (C=O) groups is 11. The molecule has 0 aliphatic carbocycles. The molecule has 3 rings (SSSR count). The fourth-order valence-electron chi connectivity index (χ4n) is 5.07. The van der Waals surface area contributed by atoms with Crippen molar-refractivity contribution in [2.24, 2.45) is 5.41 Å². The zero-order chi connectivity index (χ0) is 40.4. The van der Waals surface area contributed by atoms with E-state index in [1.54, 1.807) is 0 Å². The van der Waals surface area contributed by atoms with Crippen LogP contribution in [0.2, 0.25) is 0 Å². The smallest absolute Gasteiger partial charge is 0.404 e. The van der Waals surface area contributed by atoms with Crippen LogP contribution in [0.5, 0.6) is 0 Å². The quantitative estimate of drug-likeness (QED) is 0.0378. The molecule has 22 nitrogen and oxygen atoms in total. The van der Waals surface area contributed by atoms with Gasteiger partial charge in [0.15, 0.2) is 0 Å². The molecule has 3 aliphatic heterocycles. The Labute approximate surface area is 313 Å².